The normalized spacial score (nSPS) is 15.9. The lowest BCUT2D eigenvalue weighted by Crippen LogP contribution is -2.52. The highest BCUT2D eigenvalue weighted by Gasteiger charge is 2.23. The van der Waals surface area contributed by atoms with Crippen molar-refractivity contribution in [3.8, 4) is 34.3 Å². The molecular formula is C25H29N7O2. The van der Waals surface area contributed by atoms with Gasteiger partial charge >= 0.3 is 0 Å². The molecular weight excluding hydrogens is 430 g/mol. The molecule has 5 rings (SSSR count). The molecule has 1 unspecified atom stereocenters. The Balaban J connectivity index is 0.00000180. The van der Waals surface area contributed by atoms with E-state index in [0.717, 1.165) is 30.6 Å². The molecule has 176 valence electrons. The minimum absolute atomic E-state index is 0. The third-order valence-corrected chi connectivity index (χ3v) is 5.91. The molecule has 4 aromatic rings. The van der Waals surface area contributed by atoms with Crippen molar-refractivity contribution >= 4 is 11.7 Å². The highest BCUT2D eigenvalue weighted by molar-refractivity contribution is 5.94. The number of hydrogen-bond donors (Lipinski definition) is 2. The van der Waals surface area contributed by atoms with Crippen LogP contribution in [0.25, 0.3) is 34.3 Å². The molecule has 3 heterocycles. The van der Waals surface area contributed by atoms with Crippen LogP contribution in [0, 0.1) is 0 Å². The van der Waals surface area contributed by atoms with E-state index in [1.807, 2.05) is 59.5 Å². The van der Waals surface area contributed by atoms with Crippen molar-refractivity contribution < 1.29 is 12.1 Å². The largest absolute Gasteiger partial charge is 0.414 e. The van der Waals surface area contributed by atoms with Gasteiger partial charge in [0.15, 0.2) is 11.5 Å². The molecule has 2 aromatic heterocycles. The molecule has 0 bridgehead atoms. The van der Waals surface area contributed by atoms with Crippen LogP contribution < -0.4 is 11.1 Å². The summed E-state index contributed by atoms with van der Waals surface area (Å²) in [5, 5.41) is 11.6. The van der Waals surface area contributed by atoms with Gasteiger partial charge in [0.1, 0.15) is 0 Å². The summed E-state index contributed by atoms with van der Waals surface area (Å²) in [4.78, 5) is 23.7. The molecule has 1 fully saturated rings. The Morgan fingerprint density at radius 1 is 1.12 bits per heavy atom. The van der Waals surface area contributed by atoms with Crippen LogP contribution in [0.5, 0.6) is 0 Å². The molecule has 0 saturated carbocycles. The zero-order chi connectivity index (χ0) is 23.5. The van der Waals surface area contributed by atoms with Crippen molar-refractivity contribution in [3.63, 3.8) is 0 Å². The van der Waals surface area contributed by atoms with Gasteiger partial charge < -0.3 is 20.4 Å². The monoisotopic (exact) mass is 459 g/mol. The second-order valence-corrected chi connectivity index (χ2v) is 8.16. The molecule has 3 N–H and O–H groups in total. The Hall–Kier alpha value is -4.11. The summed E-state index contributed by atoms with van der Waals surface area (Å²) in [7, 11) is 0. The van der Waals surface area contributed by atoms with Crippen molar-refractivity contribution in [1.29, 1.82) is 0 Å². The number of hydrogen-bond acceptors (Lipinski definition) is 8. The number of anilines is 1. The number of amides is 1. The zero-order valence-electron chi connectivity index (χ0n) is 18.8. The van der Waals surface area contributed by atoms with Crippen LogP contribution in [-0.4, -0.2) is 56.6 Å². The molecule has 1 atom stereocenters. The van der Waals surface area contributed by atoms with E-state index in [0.29, 0.717) is 35.4 Å². The quantitative estimate of drug-likeness (QED) is 0.462. The lowest BCUT2D eigenvalue weighted by molar-refractivity contribution is 0.0701. The standard InChI is InChI=1S/C25H25N7O2.2H2/c1-2-19-15-32(13-12-27-19)25(33)18-10-8-16(9-11-18)20-14-28-22(26)21(29-20)24-31-30-23(34-24)17-6-4-3-5-7-17;;/h3-11,14,19,27H,2,12-13,15H2,1H3,(H2,26,28);2*1H. The van der Waals surface area contributed by atoms with Gasteiger partial charge in [0, 0.05) is 45.2 Å². The summed E-state index contributed by atoms with van der Waals surface area (Å²) in [5.74, 6) is 0.808. The minimum Gasteiger partial charge on any atom is -0.414 e. The lowest BCUT2D eigenvalue weighted by Gasteiger charge is -2.33. The number of nitrogens with zero attached hydrogens (tertiary/aromatic N) is 5. The first-order valence-corrected chi connectivity index (χ1v) is 11.3. The maximum absolute atomic E-state index is 12.9. The Morgan fingerprint density at radius 3 is 2.65 bits per heavy atom. The van der Waals surface area contributed by atoms with Crippen LogP contribution in [0.4, 0.5) is 5.82 Å². The van der Waals surface area contributed by atoms with E-state index in [9.17, 15) is 4.79 Å². The molecule has 9 heteroatoms. The molecule has 9 nitrogen and oxygen atoms in total. The summed E-state index contributed by atoms with van der Waals surface area (Å²) in [6.45, 7) is 4.37. The van der Waals surface area contributed by atoms with Crippen LogP contribution in [0.3, 0.4) is 0 Å². The molecule has 0 radical (unpaired) electrons. The molecule has 0 spiro atoms. The summed E-state index contributed by atoms with van der Waals surface area (Å²) >= 11 is 0. The summed E-state index contributed by atoms with van der Waals surface area (Å²) in [6.07, 6.45) is 2.58. The van der Waals surface area contributed by atoms with Gasteiger partial charge in [0.2, 0.25) is 5.89 Å². The summed E-state index contributed by atoms with van der Waals surface area (Å²) in [5.41, 5.74) is 9.23. The van der Waals surface area contributed by atoms with Crippen LogP contribution in [0.1, 0.15) is 26.6 Å². The molecule has 1 aliphatic heterocycles. The second-order valence-electron chi connectivity index (χ2n) is 8.16. The Morgan fingerprint density at radius 2 is 1.88 bits per heavy atom. The molecule has 1 saturated heterocycles. The summed E-state index contributed by atoms with van der Waals surface area (Å²) in [6, 6.07) is 17.2. The van der Waals surface area contributed by atoms with Gasteiger partial charge in [0.25, 0.3) is 11.8 Å². The van der Waals surface area contributed by atoms with E-state index in [1.165, 1.54) is 0 Å². The Bertz CT molecular complexity index is 1300. The highest BCUT2D eigenvalue weighted by atomic mass is 16.4. The number of nitrogens with one attached hydrogen (secondary N) is 1. The van der Waals surface area contributed by atoms with E-state index in [2.05, 4.69) is 32.4 Å². The third kappa shape index (κ3) is 4.38. The maximum atomic E-state index is 12.9. The number of carbonyl (C=O) groups is 1. The maximum Gasteiger partial charge on any atom is 0.270 e. The average molecular weight is 460 g/mol. The highest BCUT2D eigenvalue weighted by Crippen LogP contribution is 2.28. The van der Waals surface area contributed by atoms with Gasteiger partial charge in [-0.2, -0.15) is 0 Å². The van der Waals surface area contributed by atoms with Crippen molar-refractivity contribution in [3.05, 3.63) is 66.4 Å². The first-order chi connectivity index (χ1) is 16.6. The smallest absolute Gasteiger partial charge is 0.270 e. The summed E-state index contributed by atoms with van der Waals surface area (Å²) < 4.78 is 5.80. The number of aromatic nitrogens is 4. The number of carbonyl (C=O) groups excluding carboxylic acids is 1. The van der Waals surface area contributed by atoms with E-state index < -0.39 is 0 Å². The average Bonchev–Trinajstić information content (AvgIpc) is 3.39. The Labute approximate surface area is 200 Å². The van der Waals surface area contributed by atoms with Crippen LogP contribution in [0.15, 0.2) is 65.2 Å². The molecule has 0 aliphatic carbocycles. The van der Waals surface area contributed by atoms with Crippen LogP contribution in [-0.2, 0) is 0 Å². The topological polar surface area (TPSA) is 123 Å². The first-order valence-electron chi connectivity index (χ1n) is 11.3. The molecule has 2 aromatic carbocycles. The fraction of sp³-hybridized carbons (Fsp3) is 0.240. The molecule has 34 heavy (non-hydrogen) atoms. The number of benzene rings is 2. The van der Waals surface area contributed by atoms with Crippen molar-refractivity contribution in [2.75, 3.05) is 25.4 Å². The van der Waals surface area contributed by atoms with E-state index in [1.54, 1.807) is 6.20 Å². The predicted molar refractivity (Wildman–Crippen MR) is 133 cm³/mol. The zero-order valence-corrected chi connectivity index (χ0v) is 18.8. The van der Waals surface area contributed by atoms with Crippen molar-refractivity contribution in [2.45, 2.75) is 19.4 Å². The van der Waals surface area contributed by atoms with Gasteiger partial charge in [-0.25, -0.2) is 9.97 Å². The number of nitrogen functional groups attached to an aromatic ring is 1. The van der Waals surface area contributed by atoms with Crippen LogP contribution >= 0.6 is 0 Å². The van der Waals surface area contributed by atoms with E-state index in [4.69, 9.17) is 10.2 Å². The van der Waals surface area contributed by atoms with E-state index >= 15 is 0 Å². The second kappa shape index (κ2) is 9.40. The van der Waals surface area contributed by atoms with Gasteiger partial charge in [0.05, 0.1) is 11.9 Å². The fourth-order valence-electron chi connectivity index (χ4n) is 3.96. The molecule has 1 amide bonds. The fourth-order valence-corrected chi connectivity index (χ4v) is 3.96. The van der Waals surface area contributed by atoms with Crippen molar-refractivity contribution in [2.24, 2.45) is 0 Å². The van der Waals surface area contributed by atoms with Gasteiger partial charge in [-0.15, -0.1) is 10.2 Å². The Kier molecular flexibility index (Phi) is 6.01. The third-order valence-electron chi connectivity index (χ3n) is 5.91. The number of piperazine rings is 1. The van der Waals surface area contributed by atoms with E-state index in [-0.39, 0.29) is 20.5 Å². The predicted octanol–water partition coefficient (Wildman–Crippen LogP) is 3.76. The number of rotatable bonds is 5. The molecule has 1 aliphatic rings. The number of nitrogens with two attached hydrogens (primary N) is 1. The van der Waals surface area contributed by atoms with Gasteiger partial charge in [-0.1, -0.05) is 37.3 Å². The van der Waals surface area contributed by atoms with Crippen molar-refractivity contribution in [1.82, 2.24) is 30.4 Å². The van der Waals surface area contributed by atoms with Crippen LogP contribution in [0.2, 0.25) is 0 Å². The van der Waals surface area contributed by atoms with Gasteiger partial charge in [-0.3, -0.25) is 4.79 Å². The van der Waals surface area contributed by atoms with Gasteiger partial charge in [-0.05, 0) is 30.7 Å². The lowest BCUT2D eigenvalue weighted by atomic mass is 10.1. The first kappa shape index (κ1) is 21.7. The SMILES string of the molecule is CCC1CN(C(=O)c2ccc(-c3cnc(N)c(-c4nnc(-c5ccccc5)o4)n3)cc2)CCN1.[HH].[HH]. The minimum atomic E-state index is 0.